The summed E-state index contributed by atoms with van der Waals surface area (Å²) in [5.74, 6) is 0.741. The molecule has 0 aromatic rings. The summed E-state index contributed by atoms with van der Waals surface area (Å²) in [6.07, 6.45) is 3.79. The van der Waals surface area contributed by atoms with E-state index in [1.807, 2.05) is 0 Å². The van der Waals surface area contributed by atoms with Crippen LogP contribution >= 0.6 is 0 Å². The lowest BCUT2D eigenvalue weighted by molar-refractivity contribution is -0.133. The summed E-state index contributed by atoms with van der Waals surface area (Å²) in [4.78, 5) is 14.3. The number of hydrogen-bond donors (Lipinski definition) is 1. The largest absolute Gasteiger partial charge is 0.341 e. The zero-order valence-corrected chi connectivity index (χ0v) is 12.0. The Morgan fingerprint density at radius 2 is 1.89 bits per heavy atom. The molecule has 5 nitrogen and oxygen atoms in total. The molecule has 19 heavy (non-hydrogen) atoms. The SMILES string of the molecule is O=C(C1CC12CCNCC2)N1CCCS(=O)(=O)CC1. The Bertz CT molecular complexity index is 468. The summed E-state index contributed by atoms with van der Waals surface area (Å²) in [7, 11) is -2.93. The Morgan fingerprint density at radius 1 is 1.16 bits per heavy atom. The zero-order valence-electron chi connectivity index (χ0n) is 11.2. The quantitative estimate of drug-likeness (QED) is 0.738. The Hall–Kier alpha value is -0.620. The molecule has 0 aromatic carbocycles. The van der Waals surface area contributed by atoms with E-state index in [2.05, 4.69) is 5.32 Å². The monoisotopic (exact) mass is 286 g/mol. The van der Waals surface area contributed by atoms with Gasteiger partial charge in [0, 0.05) is 19.0 Å². The molecule has 3 rings (SSSR count). The van der Waals surface area contributed by atoms with Gasteiger partial charge >= 0.3 is 0 Å². The minimum atomic E-state index is -2.93. The highest BCUT2D eigenvalue weighted by atomic mass is 32.2. The second-order valence-corrected chi connectivity index (χ2v) is 8.50. The van der Waals surface area contributed by atoms with Gasteiger partial charge in [0.05, 0.1) is 11.5 Å². The second kappa shape index (κ2) is 4.74. The van der Waals surface area contributed by atoms with Crippen molar-refractivity contribution in [2.75, 3.05) is 37.7 Å². The molecule has 2 saturated heterocycles. The summed E-state index contributed by atoms with van der Waals surface area (Å²) in [5, 5.41) is 3.34. The minimum Gasteiger partial charge on any atom is -0.341 e. The lowest BCUT2D eigenvalue weighted by Gasteiger charge is -2.26. The van der Waals surface area contributed by atoms with Crippen molar-refractivity contribution in [3.05, 3.63) is 0 Å². The van der Waals surface area contributed by atoms with E-state index in [4.69, 9.17) is 0 Å². The van der Waals surface area contributed by atoms with Crippen LogP contribution in [-0.4, -0.2) is 56.9 Å². The van der Waals surface area contributed by atoms with Crippen molar-refractivity contribution in [1.82, 2.24) is 10.2 Å². The Morgan fingerprint density at radius 3 is 2.63 bits per heavy atom. The number of hydrogen-bond acceptors (Lipinski definition) is 4. The van der Waals surface area contributed by atoms with Crippen LogP contribution in [0.5, 0.6) is 0 Å². The van der Waals surface area contributed by atoms with Crippen molar-refractivity contribution in [3.63, 3.8) is 0 Å². The Balaban J connectivity index is 1.62. The first kappa shape index (κ1) is 13.4. The highest BCUT2D eigenvalue weighted by Gasteiger charge is 2.58. The lowest BCUT2D eigenvalue weighted by atomic mass is 9.91. The van der Waals surface area contributed by atoms with E-state index in [0.29, 0.717) is 19.5 Å². The smallest absolute Gasteiger partial charge is 0.226 e. The van der Waals surface area contributed by atoms with Gasteiger partial charge in [0.25, 0.3) is 0 Å². The second-order valence-electron chi connectivity index (χ2n) is 6.20. The number of sulfone groups is 1. The van der Waals surface area contributed by atoms with Gasteiger partial charge in [-0.15, -0.1) is 0 Å². The lowest BCUT2D eigenvalue weighted by Crippen LogP contribution is -2.38. The van der Waals surface area contributed by atoms with Crippen LogP contribution < -0.4 is 5.32 Å². The van der Waals surface area contributed by atoms with Gasteiger partial charge in [0.1, 0.15) is 0 Å². The van der Waals surface area contributed by atoms with E-state index < -0.39 is 9.84 Å². The molecule has 1 aliphatic carbocycles. The van der Waals surface area contributed by atoms with Crippen LogP contribution in [-0.2, 0) is 14.6 Å². The van der Waals surface area contributed by atoms with Gasteiger partial charge in [-0.3, -0.25) is 4.79 Å². The summed E-state index contributed by atoms with van der Waals surface area (Å²) in [6, 6.07) is 0. The van der Waals surface area contributed by atoms with Crippen LogP contribution in [0.3, 0.4) is 0 Å². The molecular formula is C13H22N2O3S. The van der Waals surface area contributed by atoms with Crippen molar-refractivity contribution in [2.24, 2.45) is 11.3 Å². The molecule has 2 heterocycles. The summed E-state index contributed by atoms with van der Waals surface area (Å²) in [5.41, 5.74) is 0.244. The maximum absolute atomic E-state index is 12.5. The third-order valence-corrected chi connectivity index (χ3v) is 6.67. The van der Waals surface area contributed by atoms with Crippen LogP contribution in [0.2, 0.25) is 0 Å². The molecule has 1 saturated carbocycles. The zero-order chi connectivity index (χ0) is 13.5. The highest BCUT2D eigenvalue weighted by molar-refractivity contribution is 7.91. The molecule has 1 unspecified atom stereocenters. The minimum absolute atomic E-state index is 0.139. The molecule has 6 heteroatoms. The fraction of sp³-hybridized carbons (Fsp3) is 0.923. The molecular weight excluding hydrogens is 264 g/mol. The van der Waals surface area contributed by atoms with E-state index in [-0.39, 0.29) is 28.7 Å². The van der Waals surface area contributed by atoms with Gasteiger partial charge in [0.15, 0.2) is 9.84 Å². The molecule has 1 spiro atoms. The average Bonchev–Trinajstić information content (AvgIpc) is 3.09. The molecule has 2 aliphatic heterocycles. The normalized spacial score (nSPS) is 32.8. The first-order valence-electron chi connectivity index (χ1n) is 7.22. The Kier molecular flexibility index (Phi) is 3.33. The van der Waals surface area contributed by atoms with Crippen molar-refractivity contribution in [1.29, 1.82) is 0 Å². The van der Waals surface area contributed by atoms with Crippen molar-refractivity contribution in [2.45, 2.75) is 25.7 Å². The van der Waals surface area contributed by atoms with Crippen molar-refractivity contribution in [3.8, 4) is 0 Å². The average molecular weight is 286 g/mol. The molecule has 1 N–H and O–H groups in total. The summed E-state index contributed by atoms with van der Waals surface area (Å²) in [6.45, 7) is 3.03. The predicted molar refractivity (Wildman–Crippen MR) is 72.5 cm³/mol. The van der Waals surface area contributed by atoms with Crippen LogP contribution in [0.15, 0.2) is 0 Å². The molecule has 1 atom stereocenters. The number of nitrogens with zero attached hydrogens (tertiary/aromatic N) is 1. The number of amides is 1. The van der Waals surface area contributed by atoms with Crippen LogP contribution in [0.25, 0.3) is 0 Å². The number of piperidine rings is 1. The fourth-order valence-corrected chi connectivity index (χ4v) is 4.82. The van der Waals surface area contributed by atoms with E-state index in [0.717, 1.165) is 32.4 Å². The fourth-order valence-electron chi connectivity index (χ4n) is 3.55. The number of nitrogens with one attached hydrogen (secondary N) is 1. The van der Waals surface area contributed by atoms with Crippen molar-refractivity contribution < 1.29 is 13.2 Å². The summed E-state index contributed by atoms with van der Waals surface area (Å²) < 4.78 is 23.1. The number of carbonyl (C=O) groups is 1. The Labute approximate surface area is 114 Å². The number of carbonyl (C=O) groups excluding carboxylic acids is 1. The first-order valence-corrected chi connectivity index (χ1v) is 9.05. The van der Waals surface area contributed by atoms with Crippen LogP contribution in [0, 0.1) is 11.3 Å². The van der Waals surface area contributed by atoms with Gasteiger partial charge in [-0.2, -0.15) is 0 Å². The van der Waals surface area contributed by atoms with Gasteiger partial charge in [-0.05, 0) is 44.2 Å². The molecule has 1 amide bonds. The van der Waals surface area contributed by atoms with Crippen LogP contribution in [0.1, 0.15) is 25.7 Å². The molecule has 0 aromatic heterocycles. The topological polar surface area (TPSA) is 66.5 Å². The van der Waals surface area contributed by atoms with Crippen LogP contribution in [0.4, 0.5) is 0 Å². The molecule has 108 valence electrons. The number of rotatable bonds is 1. The van der Waals surface area contributed by atoms with E-state index in [1.54, 1.807) is 4.90 Å². The molecule has 0 radical (unpaired) electrons. The predicted octanol–water partition coefficient (Wildman–Crippen LogP) is 0.0232. The van der Waals surface area contributed by atoms with E-state index in [9.17, 15) is 13.2 Å². The van der Waals surface area contributed by atoms with Crippen molar-refractivity contribution >= 4 is 15.7 Å². The maximum atomic E-state index is 12.5. The van der Waals surface area contributed by atoms with Gasteiger partial charge in [0.2, 0.25) is 5.91 Å². The van der Waals surface area contributed by atoms with Gasteiger partial charge in [-0.25, -0.2) is 8.42 Å². The standard InChI is InChI=1S/C13H22N2O3S/c16-12(11-10-13(11)2-4-14-5-3-13)15-6-1-8-19(17,18)9-7-15/h11,14H,1-10H2. The third kappa shape index (κ3) is 2.65. The molecule has 3 aliphatic rings. The third-order valence-electron chi connectivity index (χ3n) is 4.95. The van der Waals surface area contributed by atoms with Gasteiger partial charge in [-0.1, -0.05) is 0 Å². The highest BCUT2D eigenvalue weighted by Crippen LogP contribution is 2.59. The molecule has 0 bridgehead atoms. The van der Waals surface area contributed by atoms with E-state index >= 15 is 0 Å². The maximum Gasteiger partial charge on any atom is 0.226 e. The summed E-state index contributed by atoms with van der Waals surface area (Å²) >= 11 is 0. The first-order chi connectivity index (χ1) is 9.03. The van der Waals surface area contributed by atoms with Gasteiger partial charge < -0.3 is 10.2 Å². The van der Waals surface area contributed by atoms with E-state index in [1.165, 1.54) is 0 Å². The molecule has 3 fully saturated rings.